The molecule has 1 N–H and O–H groups in total. The molecular formula is C25H24ClN3O5S. The number of fused-ring (bicyclic) bond motifs is 2. The van der Waals surface area contributed by atoms with Crippen molar-refractivity contribution in [2.75, 3.05) is 23.3 Å². The van der Waals surface area contributed by atoms with Crippen molar-refractivity contribution < 1.29 is 22.7 Å². The first kappa shape index (κ1) is 23.6. The van der Waals surface area contributed by atoms with Gasteiger partial charge >= 0.3 is 6.09 Å². The molecule has 2 amide bonds. The summed E-state index contributed by atoms with van der Waals surface area (Å²) in [5.41, 5.74) is 2.04. The number of hydrogen-bond donors (Lipinski definition) is 1. The zero-order chi connectivity index (χ0) is 24.7. The number of carbonyl (C=O) groups excluding carboxylic acids is 2. The summed E-state index contributed by atoms with van der Waals surface area (Å²) in [4.78, 5) is 26.0. The van der Waals surface area contributed by atoms with Crippen LogP contribution in [0, 0.1) is 0 Å². The van der Waals surface area contributed by atoms with E-state index in [2.05, 4.69) is 5.32 Å². The Morgan fingerprint density at radius 1 is 1.03 bits per heavy atom. The quantitative estimate of drug-likeness (QED) is 0.542. The number of rotatable bonds is 4. The summed E-state index contributed by atoms with van der Waals surface area (Å²) in [7, 11) is -3.80. The number of sulfonamides is 1. The van der Waals surface area contributed by atoms with E-state index in [4.69, 9.17) is 16.3 Å². The summed E-state index contributed by atoms with van der Waals surface area (Å²) < 4.78 is 34.1. The third kappa shape index (κ3) is 4.24. The Kier molecular flexibility index (Phi) is 6.16. The predicted molar refractivity (Wildman–Crippen MR) is 134 cm³/mol. The molecule has 0 spiro atoms. The van der Waals surface area contributed by atoms with Crippen LogP contribution in [0.5, 0.6) is 0 Å². The Labute approximate surface area is 208 Å². The highest BCUT2D eigenvalue weighted by Crippen LogP contribution is 2.37. The maximum Gasteiger partial charge on any atom is 0.414 e. The molecule has 0 atom stereocenters. The SMILES string of the molecule is CC(=O)Nc1cccc2c(S(=O)(=O)N3CCC(N4C(=O)OCc5c(Cl)cccc54)CC3)cccc12. The molecule has 2 heterocycles. The van der Waals surface area contributed by atoms with E-state index in [0.29, 0.717) is 34.3 Å². The lowest BCUT2D eigenvalue weighted by molar-refractivity contribution is -0.114. The minimum absolute atomic E-state index is 0.124. The third-order valence-electron chi connectivity index (χ3n) is 6.49. The average molecular weight is 514 g/mol. The zero-order valence-electron chi connectivity index (χ0n) is 19.0. The van der Waals surface area contributed by atoms with Gasteiger partial charge in [0.1, 0.15) is 6.61 Å². The fourth-order valence-electron chi connectivity index (χ4n) is 4.85. The number of hydrogen-bond acceptors (Lipinski definition) is 5. The molecule has 3 aromatic rings. The van der Waals surface area contributed by atoms with Gasteiger partial charge in [0.15, 0.2) is 0 Å². The van der Waals surface area contributed by atoms with Gasteiger partial charge in [-0.2, -0.15) is 4.31 Å². The molecule has 8 nitrogen and oxygen atoms in total. The number of ether oxygens (including phenoxy) is 1. The molecule has 0 unspecified atom stereocenters. The molecule has 1 saturated heterocycles. The summed E-state index contributed by atoms with van der Waals surface area (Å²) >= 11 is 6.30. The van der Waals surface area contributed by atoms with Gasteiger partial charge in [-0.3, -0.25) is 9.69 Å². The van der Waals surface area contributed by atoms with Gasteiger partial charge in [-0.1, -0.05) is 41.9 Å². The molecular weight excluding hydrogens is 490 g/mol. The highest BCUT2D eigenvalue weighted by molar-refractivity contribution is 7.89. The molecule has 0 radical (unpaired) electrons. The van der Waals surface area contributed by atoms with Gasteiger partial charge in [0.25, 0.3) is 0 Å². The molecule has 0 bridgehead atoms. The van der Waals surface area contributed by atoms with Gasteiger partial charge in [-0.05, 0) is 37.1 Å². The maximum atomic E-state index is 13.6. The summed E-state index contributed by atoms with van der Waals surface area (Å²) in [5, 5.41) is 4.50. The Bertz CT molecular complexity index is 1430. The molecule has 1 fully saturated rings. The predicted octanol–water partition coefficient (Wildman–Crippen LogP) is 4.76. The Balaban J connectivity index is 1.41. The Morgan fingerprint density at radius 3 is 2.46 bits per heavy atom. The fourth-order valence-corrected chi connectivity index (χ4v) is 6.75. The van der Waals surface area contributed by atoms with Crippen molar-refractivity contribution in [3.8, 4) is 0 Å². The lowest BCUT2D eigenvalue weighted by Crippen LogP contribution is -2.50. The van der Waals surface area contributed by atoms with Crippen LogP contribution in [0.15, 0.2) is 59.5 Å². The average Bonchev–Trinajstić information content (AvgIpc) is 2.84. The van der Waals surface area contributed by atoms with Gasteiger partial charge in [0, 0.05) is 53.1 Å². The minimum atomic E-state index is -3.80. The number of halogens is 1. The lowest BCUT2D eigenvalue weighted by Gasteiger charge is -2.40. The number of cyclic esters (lactones) is 1. The number of benzene rings is 3. The van der Waals surface area contributed by atoms with E-state index in [-0.39, 0.29) is 36.5 Å². The standard InChI is InChI=1S/C25H24ClN3O5S/c1-16(30)27-22-8-2-6-19-18(22)5-3-10-24(19)35(32,33)28-13-11-17(12-14-28)29-23-9-4-7-21(26)20(23)15-34-25(29)31/h2-10,17H,11-15H2,1H3,(H,27,30). The summed E-state index contributed by atoms with van der Waals surface area (Å²) in [6, 6.07) is 15.5. The number of anilines is 2. The third-order valence-corrected chi connectivity index (χ3v) is 8.80. The van der Waals surface area contributed by atoms with Crippen LogP contribution in [0.3, 0.4) is 0 Å². The number of carbonyl (C=O) groups is 2. The second-order valence-corrected chi connectivity index (χ2v) is 10.9. The van der Waals surface area contributed by atoms with Crippen LogP contribution < -0.4 is 10.2 Å². The first-order valence-corrected chi connectivity index (χ1v) is 13.1. The normalized spacial score (nSPS) is 17.2. The Hall–Kier alpha value is -3.14. The van der Waals surface area contributed by atoms with Gasteiger partial charge < -0.3 is 10.1 Å². The molecule has 2 aliphatic rings. The molecule has 3 aromatic carbocycles. The zero-order valence-corrected chi connectivity index (χ0v) is 20.6. The second kappa shape index (κ2) is 9.14. The fraction of sp³-hybridized carbons (Fsp3) is 0.280. The van der Waals surface area contributed by atoms with Crippen LogP contribution >= 0.6 is 11.6 Å². The molecule has 0 aliphatic carbocycles. The molecule has 10 heteroatoms. The second-order valence-electron chi connectivity index (χ2n) is 8.64. The van der Waals surface area contributed by atoms with Crippen molar-refractivity contribution in [3.63, 3.8) is 0 Å². The number of nitrogens with zero attached hydrogens (tertiary/aromatic N) is 2. The van der Waals surface area contributed by atoms with Crippen molar-refractivity contribution in [2.24, 2.45) is 0 Å². The molecule has 35 heavy (non-hydrogen) atoms. The summed E-state index contributed by atoms with van der Waals surface area (Å²) in [5.74, 6) is -0.230. The van der Waals surface area contributed by atoms with Crippen molar-refractivity contribution >= 4 is 55.8 Å². The number of piperidine rings is 1. The van der Waals surface area contributed by atoms with Crippen molar-refractivity contribution in [2.45, 2.75) is 37.3 Å². The highest BCUT2D eigenvalue weighted by atomic mass is 35.5. The summed E-state index contributed by atoms with van der Waals surface area (Å²) in [6.07, 6.45) is 0.477. The topological polar surface area (TPSA) is 96.0 Å². The van der Waals surface area contributed by atoms with Gasteiger partial charge in [-0.25, -0.2) is 13.2 Å². The van der Waals surface area contributed by atoms with Crippen LogP contribution in [0.4, 0.5) is 16.2 Å². The van der Waals surface area contributed by atoms with E-state index in [1.165, 1.54) is 11.2 Å². The van der Waals surface area contributed by atoms with Crippen LogP contribution in [0.2, 0.25) is 5.02 Å². The van der Waals surface area contributed by atoms with Gasteiger partial charge in [-0.15, -0.1) is 0 Å². The van der Waals surface area contributed by atoms with E-state index < -0.39 is 16.1 Å². The first-order valence-electron chi connectivity index (χ1n) is 11.3. The van der Waals surface area contributed by atoms with Crippen LogP contribution in [0.1, 0.15) is 25.3 Å². The van der Waals surface area contributed by atoms with Crippen LogP contribution in [-0.4, -0.2) is 43.9 Å². The number of amides is 2. The van der Waals surface area contributed by atoms with E-state index in [0.717, 1.165) is 11.3 Å². The number of nitrogens with one attached hydrogen (secondary N) is 1. The van der Waals surface area contributed by atoms with Crippen molar-refractivity contribution in [3.05, 3.63) is 65.2 Å². The first-order chi connectivity index (χ1) is 16.8. The molecule has 5 rings (SSSR count). The van der Waals surface area contributed by atoms with Crippen LogP contribution in [-0.2, 0) is 26.2 Å². The molecule has 0 aromatic heterocycles. The highest BCUT2D eigenvalue weighted by Gasteiger charge is 2.38. The lowest BCUT2D eigenvalue weighted by atomic mass is 10.0. The minimum Gasteiger partial charge on any atom is -0.444 e. The van der Waals surface area contributed by atoms with Gasteiger partial charge in [0.05, 0.1) is 10.6 Å². The molecule has 182 valence electrons. The van der Waals surface area contributed by atoms with Crippen molar-refractivity contribution in [1.29, 1.82) is 0 Å². The van der Waals surface area contributed by atoms with Crippen LogP contribution in [0.25, 0.3) is 10.8 Å². The van der Waals surface area contributed by atoms with E-state index in [1.54, 1.807) is 53.4 Å². The van der Waals surface area contributed by atoms with E-state index in [1.807, 2.05) is 6.07 Å². The summed E-state index contributed by atoms with van der Waals surface area (Å²) in [6.45, 7) is 2.05. The van der Waals surface area contributed by atoms with E-state index in [9.17, 15) is 18.0 Å². The molecule has 2 aliphatic heterocycles. The van der Waals surface area contributed by atoms with Gasteiger partial charge in [0.2, 0.25) is 15.9 Å². The smallest absolute Gasteiger partial charge is 0.414 e. The monoisotopic (exact) mass is 513 g/mol. The maximum absolute atomic E-state index is 13.6. The molecule has 0 saturated carbocycles. The van der Waals surface area contributed by atoms with E-state index >= 15 is 0 Å². The Morgan fingerprint density at radius 2 is 1.71 bits per heavy atom. The van der Waals surface area contributed by atoms with Crippen molar-refractivity contribution in [1.82, 2.24) is 4.31 Å². The largest absolute Gasteiger partial charge is 0.444 e.